The normalized spacial score (nSPS) is 13.8. The van der Waals surface area contributed by atoms with Crippen LogP contribution in [0.15, 0.2) is 45.3 Å². The molecular weight excluding hydrogens is 338 g/mol. The minimum Gasteiger partial charge on any atom is -0.338 e. The highest BCUT2D eigenvalue weighted by Crippen LogP contribution is 2.24. The van der Waals surface area contributed by atoms with Gasteiger partial charge in [0.2, 0.25) is 5.91 Å². The van der Waals surface area contributed by atoms with Crippen molar-refractivity contribution in [3.05, 3.63) is 67.0 Å². The summed E-state index contributed by atoms with van der Waals surface area (Å²) >= 11 is 1.74. The van der Waals surface area contributed by atoms with Crippen molar-refractivity contribution in [1.82, 2.24) is 14.5 Å². The van der Waals surface area contributed by atoms with E-state index >= 15 is 0 Å². The number of carbonyl (C=O) groups excluding carboxylic acids is 1. The number of nitrogens with one attached hydrogen (secondary N) is 1. The zero-order valence-electron chi connectivity index (χ0n) is 13.5. The van der Waals surface area contributed by atoms with Gasteiger partial charge >= 0.3 is 5.69 Å². The fraction of sp³-hybridized carbons (Fsp3) is 0.278. The number of hydrogen-bond acceptors (Lipinski definition) is 4. The highest BCUT2D eigenvalue weighted by Gasteiger charge is 2.21. The highest BCUT2D eigenvalue weighted by atomic mass is 32.1. The van der Waals surface area contributed by atoms with Gasteiger partial charge in [-0.15, -0.1) is 11.3 Å². The molecule has 0 spiro atoms. The summed E-state index contributed by atoms with van der Waals surface area (Å²) in [5.74, 6) is 0.0269. The molecule has 0 radical (unpaired) electrons. The molecule has 4 rings (SSSR count). The van der Waals surface area contributed by atoms with Crippen molar-refractivity contribution >= 4 is 28.1 Å². The third-order valence-electron chi connectivity index (χ3n) is 4.61. The van der Waals surface area contributed by atoms with E-state index in [0.29, 0.717) is 24.0 Å². The van der Waals surface area contributed by atoms with Crippen LogP contribution >= 0.6 is 11.3 Å². The van der Waals surface area contributed by atoms with Crippen molar-refractivity contribution in [3.63, 3.8) is 0 Å². The van der Waals surface area contributed by atoms with Gasteiger partial charge < -0.3 is 4.90 Å². The maximum absolute atomic E-state index is 12.6. The Labute approximate surface area is 147 Å². The molecule has 0 aliphatic carbocycles. The second kappa shape index (κ2) is 6.33. The second-order valence-electron chi connectivity index (χ2n) is 6.11. The van der Waals surface area contributed by atoms with Gasteiger partial charge in [-0.25, -0.2) is 4.79 Å². The number of aromatic amines is 1. The second-order valence-corrected chi connectivity index (χ2v) is 7.11. The van der Waals surface area contributed by atoms with Gasteiger partial charge in [0.25, 0.3) is 5.56 Å². The molecule has 3 aromatic rings. The van der Waals surface area contributed by atoms with E-state index in [4.69, 9.17) is 0 Å². The average Bonchev–Trinajstić information content (AvgIpc) is 3.09. The first-order chi connectivity index (χ1) is 12.1. The monoisotopic (exact) mass is 355 g/mol. The molecule has 0 atom stereocenters. The molecule has 1 N–H and O–H groups in total. The fourth-order valence-corrected chi connectivity index (χ4v) is 4.18. The van der Waals surface area contributed by atoms with Gasteiger partial charge in [-0.05, 0) is 35.6 Å². The molecule has 0 bridgehead atoms. The Morgan fingerprint density at radius 2 is 2.04 bits per heavy atom. The molecule has 1 amide bonds. The van der Waals surface area contributed by atoms with Crippen molar-refractivity contribution in [1.29, 1.82) is 0 Å². The van der Waals surface area contributed by atoms with Crippen LogP contribution in [-0.2, 0) is 24.3 Å². The van der Waals surface area contributed by atoms with E-state index in [2.05, 4.69) is 16.4 Å². The van der Waals surface area contributed by atoms with Crippen molar-refractivity contribution in [2.75, 3.05) is 6.54 Å². The summed E-state index contributed by atoms with van der Waals surface area (Å²) in [5.41, 5.74) is 0.901. The van der Waals surface area contributed by atoms with Gasteiger partial charge in [0.15, 0.2) is 0 Å². The molecule has 1 aliphatic rings. The van der Waals surface area contributed by atoms with Crippen LogP contribution in [0.3, 0.4) is 0 Å². The third-order valence-corrected chi connectivity index (χ3v) is 5.64. The number of H-pyrrole nitrogens is 1. The van der Waals surface area contributed by atoms with Gasteiger partial charge in [0.05, 0.1) is 10.9 Å². The molecule has 6 nitrogen and oxygen atoms in total. The number of hydrogen-bond donors (Lipinski definition) is 1. The van der Waals surface area contributed by atoms with E-state index in [-0.39, 0.29) is 18.9 Å². The van der Waals surface area contributed by atoms with Crippen molar-refractivity contribution in [3.8, 4) is 0 Å². The number of aryl methyl sites for hydroxylation is 1. The quantitative estimate of drug-likeness (QED) is 0.777. The predicted molar refractivity (Wildman–Crippen MR) is 96.9 cm³/mol. The van der Waals surface area contributed by atoms with Crippen molar-refractivity contribution < 1.29 is 4.79 Å². The average molecular weight is 355 g/mol. The molecule has 0 saturated heterocycles. The molecule has 0 saturated carbocycles. The van der Waals surface area contributed by atoms with Crippen molar-refractivity contribution in [2.45, 2.75) is 25.9 Å². The summed E-state index contributed by atoms with van der Waals surface area (Å²) in [5, 5.41) is 2.51. The minimum atomic E-state index is -0.477. The number of benzene rings is 1. The van der Waals surface area contributed by atoms with Gasteiger partial charge in [0, 0.05) is 30.9 Å². The smallest absolute Gasteiger partial charge is 0.328 e. The molecule has 25 heavy (non-hydrogen) atoms. The lowest BCUT2D eigenvalue weighted by Gasteiger charge is -2.27. The Hall–Kier alpha value is -2.67. The van der Waals surface area contributed by atoms with Crippen molar-refractivity contribution in [2.24, 2.45) is 0 Å². The summed E-state index contributed by atoms with van der Waals surface area (Å²) in [6.45, 7) is 1.61. The van der Waals surface area contributed by atoms with Crippen LogP contribution in [0, 0.1) is 0 Å². The fourth-order valence-electron chi connectivity index (χ4n) is 3.29. The first-order valence-electron chi connectivity index (χ1n) is 8.18. The Balaban J connectivity index is 1.54. The van der Waals surface area contributed by atoms with Crippen LogP contribution in [-0.4, -0.2) is 26.9 Å². The molecule has 1 aromatic carbocycles. The van der Waals surface area contributed by atoms with E-state index in [1.807, 2.05) is 4.90 Å². The molecule has 1 aliphatic heterocycles. The zero-order valence-corrected chi connectivity index (χ0v) is 14.3. The molecule has 128 valence electrons. The lowest BCUT2D eigenvalue weighted by atomic mass is 10.1. The number of carbonyl (C=O) groups is 1. The summed E-state index contributed by atoms with van der Waals surface area (Å²) in [6, 6.07) is 9.01. The van der Waals surface area contributed by atoms with Gasteiger partial charge in [-0.1, -0.05) is 12.1 Å². The van der Waals surface area contributed by atoms with E-state index in [0.717, 1.165) is 6.42 Å². The maximum atomic E-state index is 12.6. The summed E-state index contributed by atoms with van der Waals surface area (Å²) in [7, 11) is 0. The van der Waals surface area contributed by atoms with E-state index in [1.54, 1.807) is 35.6 Å². The predicted octanol–water partition coefficient (Wildman–Crippen LogP) is 1.73. The molecule has 0 unspecified atom stereocenters. The molecule has 2 aromatic heterocycles. The number of amides is 1. The largest absolute Gasteiger partial charge is 0.338 e. The lowest BCUT2D eigenvalue weighted by molar-refractivity contribution is -0.132. The Morgan fingerprint density at radius 3 is 2.92 bits per heavy atom. The van der Waals surface area contributed by atoms with Crippen LogP contribution < -0.4 is 11.2 Å². The SMILES string of the molecule is O=C(CCn1c(=O)[nH]c(=O)c2ccccc21)N1CCc2sccc2C1. The van der Waals surface area contributed by atoms with Gasteiger partial charge in [-0.3, -0.25) is 19.1 Å². The number of rotatable bonds is 3. The van der Waals surface area contributed by atoms with Crippen LogP contribution in [0.1, 0.15) is 16.9 Å². The highest BCUT2D eigenvalue weighted by molar-refractivity contribution is 7.10. The number of para-hydroxylation sites is 1. The molecular formula is C18H17N3O3S. The topological polar surface area (TPSA) is 75.2 Å². The number of aromatic nitrogens is 2. The Morgan fingerprint density at radius 1 is 1.20 bits per heavy atom. The van der Waals surface area contributed by atoms with E-state index in [9.17, 15) is 14.4 Å². The summed E-state index contributed by atoms with van der Waals surface area (Å²) in [6.07, 6.45) is 1.12. The number of fused-ring (bicyclic) bond motifs is 2. The lowest BCUT2D eigenvalue weighted by Crippen LogP contribution is -2.37. The molecule has 7 heteroatoms. The Bertz CT molecular complexity index is 1060. The van der Waals surface area contributed by atoms with Gasteiger partial charge in [0.1, 0.15) is 0 Å². The third kappa shape index (κ3) is 2.91. The van der Waals surface area contributed by atoms with Crippen LogP contribution in [0.4, 0.5) is 0 Å². The first-order valence-corrected chi connectivity index (χ1v) is 9.06. The zero-order chi connectivity index (χ0) is 17.4. The van der Waals surface area contributed by atoms with Crippen LogP contribution in [0.2, 0.25) is 0 Å². The summed E-state index contributed by atoms with van der Waals surface area (Å²) in [4.78, 5) is 42.1. The molecule has 0 fully saturated rings. The van der Waals surface area contributed by atoms with E-state index < -0.39 is 11.2 Å². The van der Waals surface area contributed by atoms with Crippen LogP contribution in [0.25, 0.3) is 10.9 Å². The summed E-state index contributed by atoms with van der Waals surface area (Å²) < 4.78 is 1.47. The molecule has 3 heterocycles. The minimum absolute atomic E-state index is 0.0269. The van der Waals surface area contributed by atoms with E-state index in [1.165, 1.54) is 15.0 Å². The Kier molecular flexibility index (Phi) is 4.01. The number of nitrogens with zero attached hydrogens (tertiary/aromatic N) is 2. The first kappa shape index (κ1) is 15.8. The maximum Gasteiger partial charge on any atom is 0.328 e. The number of thiophene rings is 1. The van der Waals surface area contributed by atoms with Crippen LogP contribution in [0.5, 0.6) is 0 Å². The van der Waals surface area contributed by atoms with Gasteiger partial charge in [-0.2, -0.15) is 0 Å². The standard InChI is InChI=1S/C18H17N3O3S/c22-16(20-8-5-15-12(11-20)7-10-25-15)6-9-21-14-4-2-1-3-13(14)17(23)19-18(21)24/h1-4,7,10H,5-6,8-9,11H2,(H,19,23,24).